The molecule has 0 spiro atoms. The van der Waals surface area contributed by atoms with Crippen LogP contribution in [-0.4, -0.2) is 40.1 Å². The Morgan fingerprint density at radius 2 is 1.74 bits per heavy atom. The van der Waals surface area contributed by atoms with Crippen LogP contribution in [0.5, 0.6) is 23.0 Å². The van der Waals surface area contributed by atoms with E-state index in [1.807, 2.05) is 0 Å². The molecule has 0 atom stereocenters. The van der Waals surface area contributed by atoms with Gasteiger partial charge >= 0.3 is 10.1 Å². The van der Waals surface area contributed by atoms with Crippen LogP contribution in [0.25, 0.3) is 6.08 Å². The zero-order valence-corrected chi connectivity index (χ0v) is 21.9. The second kappa shape index (κ2) is 12.4. The highest BCUT2D eigenvalue weighted by atomic mass is 32.2. The highest BCUT2D eigenvalue weighted by molar-refractivity contribution is 7.87. The summed E-state index contributed by atoms with van der Waals surface area (Å²) < 4.78 is 46.5. The number of nitrogens with zero attached hydrogens (tertiary/aromatic N) is 2. The van der Waals surface area contributed by atoms with E-state index >= 15 is 0 Å². The Hall–Kier alpha value is -5.09. The van der Waals surface area contributed by atoms with Gasteiger partial charge in [-0.15, -0.1) is 0 Å². The van der Waals surface area contributed by atoms with Gasteiger partial charge in [0.15, 0.2) is 11.5 Å². The van der Waals surface area contributed by atoms with Crippen molar-refractivity contribution < 1.29 is 36.5 Å². The van der Waals surface area contributed by atoms with E-state index in [2.05, 4.69) is 5.32 Å². The summed E-state index contributed by atoms with van der Waals surface area (Å²) in [6, 6.07) is 15.2. The molecular formula is C26H23N3O9S. The summed E-state index contributed by atoms with van der Waals surface area (Å²) in [6.07, 6.45) is 1.26. The minimum Gasteiger partial charge on any atom is -0.497 e. The van der Waals surface area contributed by atoms with Gasteiger partial charge in [-0.3, -0.25) is 14.9 Å². The maximum absolute atomic E-state index is 12.8. The molecule has 0 saturated heterocycles. The Kier molecular flexibility index (Phi) is 9.08. The molecule has 12 nitrogen and oxygen atoms in total. The maximum atomic E-state index is 12.8. The van der Waals surface area contributed by atoms with Crippen LogP contribution >= 0.6 is 0 Å². The SMILES string of the molecule is CCOc1cc(/C=C(\C#N)C(=O)Nc2ccc([N+](=O)[O-])cc2OC)ccc1OS(=O)(=O)c1ccc(OC)cc1. The molecule has 13 heteroatoms. The number of ether oxygens (including phenoxy) is 3. The number of carbonyl (C=O) groups excluding carboxylic acids is 1. The highest BCUT2D eigenvalue weighted by Crippen LogP contribution is 2.33. The number of non-ortho nitro benzene ring substituents is 1. The monoisotopic (exact) mass is 553 g/mol. The molecule has 0 aromatic heterocycles. The van der Waals surface area contributed by atoms with Gasteiger partial charge in [-0.2, -0.15) is 13.7 Å². The fourth-order valence-electron chi connectivity index (χ4n) is 3.26. The summed E-state index contributed by atoms with van der Waals surface area (Å²) in [7, 11) is -1.47. The lowest BCUT2D eigenvalue weighted by atomic mass is 10.1. The number of hydrogen-bond donors (Lipinski definition) is 1. The summed E-state index contributed by atoms with van der Waals surface area (Å²) in [5, 5.41) is 23.0. The largest absolute Gasteiger partial charge is 0.497 e. The van der Waals surface area contributed by atoms with Crippen LogP contribution in [0.2, 0.25) is 0 Å². The zero-order chi connectivity index (χ0) is 28.6. The van der Waals surface area contributed by atoms with Crippen molar-refractivity contribution in [3.05, 3.63) is 81.9 Å². The first-order valence-corrected chi connectivity index (χ1v) is 12.6. The topological polar surface area (TPSA) is 167 Å². The molecule has 0 unspecified atom stereocenters. The lowest BCUT2D eigenvalue weighted by Crippen LogP contribution is -2.14. The van der Waals surface area contributed by atoms with Crippen LogP contribution in [0.4, 0.5) is 11.4 Å². The summed E-state index contributed by atoms with van der Waals surface area (Å²) >= 11 is 0. The molecule has 0 saturated carbocycles. The Morgan fingerprint density at radius 3 is 2.33 bits per heavy atom. The number of benzene rings is 3. The normalized spacial score (nSPS) is 11.2. The van der Waals surface area contributed by atoms with Crippen LogP contribution in [0.15, 0.2) is 71.1 Å². The third-order valence-corrected chi connectivity index (χ3v) is 6.38. The summed E-state index contributed by atoms with van der Waals surface area (Å²) in [4.78, 5) is 23.0. The number of nitrogens with one attached hydrogen (secondary N) is 1. The van der Waals surface area contributed by atoms with E-state index in [1.165, 1.54) is 74.9 Å². The number of nitro groups is 1. The van der Waals surface area contributed by atoms with Gasteiger partial charge < -0.3 is 23.7 Å². The zero-order valence-electron chi connectivity index (χ0n) is 21.0. The lowest BCUT2D eigenvalue weighted by Gasteiger charge is -2.13. The molecular weight excluding hydrogens is 530 g/mol. The Balaban J connectivity index is 1.87. The van der Waals surface area contributed by atoms with E-state index in [1.54, 1.807) is 13.0 Å². The molecule has 3 aromatic rings. The van der Waals surface area contributed by atoms with E-state index in [9.17, 15) is 28.6 Å². The molecule has 0 aliphatic rings. The molecule has 39 heavy (non-hydrogen) atoms. The van der Waals surface area contributed by atoms with E-state index in [4.69, 9.17) is 18.4 Å². The molecule has 0 bridgehead atoms. The minimum absolute atomic E-state index is 0.0352. The van der Waals surface area contributed by atoms with Gasteiger partial charge in [-0.1, -0.05) is 6.07 Å². The third-order valence-electron chi connectivity index (χ3n) is 5.14. The van der Waals surface area contributed by atoms with Crippen molar-refractivity contribution in [2.45, 2.75) is 11.8 Å². The summed E-state index contributed by atoms with van der Waals surface area (Å²) in [5.74, 6) is -0.316. The molecule has 0 aliphatic carbocycles. The fraction of sp³-hybridized carbons (Fsp3) is 0.154. The number of nitro benzene ring substituents is 1. The Bertz CT molecular complexity index is 1560. The van der Waals surface area contributed by atoms with Crippen LogP contribution in [0, 0.1) is 21.4 Å². The van der Waals surface area contributed by atoms with Gasteiger partial charge in [0.1, 0.15) is 28.0 Å². The predicted octanol–water partition coefficient (Wildman–Crippen LogP) is 4.32. The Morgan fingerprint density at radius 1 is 1.03 bits per heavy atom. The average Bonchev–Trinajstić information content (AvgIpc) is 2.93. The van der Waals surface area contributed by atoms with E-state index < -0.39 is 20.9 Å². The van der Waals surface area contributed by atoms with Gasteiger partial charge in [-0.25, -0.2) is 0 Å². The van der Waals surface area contributed by atoms with Crippen molar-refractivity contribution in [1.82, 2.24) is 0 Å². The first kappa shape index (κ1) is 28.5. The number of rotatable bonds is 11. The molecule has 1 amide bonds. The molecule has 1 N–H and O–H groups in total. The molecule has 3 rings (SSSR count). The van der Waals surface area contributed by atoms with Crippen molar-refractivity contribution in [1.29, 1.82) is 5.26 Å². The van der Waals surface area contributed by atoms with Crippen LogP contribution in [0.3, 0.4) is 0 Å². The summed E-state index contributed by atoms with van der Waals surface area (Å²) in [5.41, 5.74) is -0.0789. The number of nitriles is 1. The molecule has 202 valence electrons. The van der Waals surface area contributed by atoms with Gasteiger partial charge in [0.2, 0.25) is 0 Å². The van der Waals surface area contributed by atoms with Gasteiger partial charge in [0.25, 0.3) is 11.6 Å². The van der Waals surface area contributed by atoms with Gasteiger partial charge in [0.05, 0.1) is 37.5 Å². The average molecular weight is 554 g/mol. The predicted molar refractivity (Wildman–Crippen MR) is 140 cm³/mol. The van der Waals surface area contributed by atoms with Gasteiger partial charge in [0, 0.05) is 6.07 Å². The molecule has 0 heterocycles. The number of methoxy groups -OCH3 is 2. The number of carbonyl (C=O) groups is 1. The number of hydrogen-bond acceptors (Lipinski definition) is 10. The van der Waals surface area contributed by atoms with Crippen molar-refractivity contribution >= 4 is 33.5 Å². The first-order chi connectivity index (χ1) is 18.6. The molecule has 0 radical (unpaired) electrons. The third kappa shape index (κ3) is 7.02. The standard InChI is InChI=1S/C26H23N3O9S/c1-4-37-25-14-17(5-12-23(25)38-39(33,34)21-9-7-20(35-2)8-10-21)13-18(16-27)26(30)28-22-11-6-19(29(31)32)15-24(22)36-3/h5-15H,4H2,1-3H3,(H,28,30)/b18-13+. The number of anilines is 1. The van der Waals surface area contributed by atoms with Crippen LogP contribution in [0.1, 0.15) is 12.5 Å². The van der Waals surface area contributed by atoms with Crippen molar-refractivity contribution in [3.8, 4) is 29.1 Å². The Labute approximate surface area is 224 Å². The van der Waals surface area contributed by atoms with Gasteiger partial charge in [-0.05, 0) is 61.0 Å². The van der Waals surface area contributed by atoms with E-state index in [-0.39, 0.29) is 45.7 Å². The quantitative estimate of drug-likeness (QED) is 0.119. The number of amides is 1. The van der Waals surface area contributed by atoms with E-state index in [0.29, 0.717) is 11.3 Å². The second-order valence-corrected chi connectivity index (χ2v) is 9.16. The van der Waals surface area contributed by atoms with Crippen molar-refractivity contribution in [2.75, 3.05) is 26.1 Å². The van der Waals surface area contributed by atoms with Crippen molar-refractivity contribution in [2.24, 2.45) is 0 Å². The first-order valence-electron chi connectivity index (χ1n) is 11.2. The molecule has 0 aliphatic heterocycles. The van der Waals surface area contributed by atoms with Crippen molar-refractivity contribution in [3.63, 3.8) is 0 Å². The second-order valence-electron chi connectivity index (χ2n) is 7.62. The molecule has 0 fully saturated rings. The lowest BCUT2D eigenvalue weighted by molar-refractivity contribution is -0.384. The highest BCUT2D eigenvalue weighted by Gasteiger charge is 2.20. The minimum atomic E-state index is -4.20. The molecule has 3 aromatic carbocycles. The maximum Gasteiger partial charge on any atom is 0.339 e. The smallest absolute Gasteiger partial charge is 0.339 e. The van der Waals surface area contributed by atoms with Crippen LogP contribution in [-0.2, 0) is 14.9 Å². The van der Waals surface area contributed by atoms with E-state index in [0.717, 1.165) is 6.07 Å². The van der Waals surface area contributed by atoms with Crippen LogP contribution < -0.4 is 23.7 Å². The fourth-order valence-corrected chi connectivity index (χ4v) is 4.20. The summed E-state index contributed by atoms with van der Waals surface area (Å²) in [6.45, 7) is 1.87.